The molecule has 0 radical (unpaired) electrons. The molecular weight excluding hydrogens is 420 g/mol. The molecule has 0 bridgehead atoms. The maximum absolute atomic E-state index is 14.5. The quantitative estimate of drug-likeness (QED) is 0.671. The fourth-order valence-corrected chi connectivity index (χ4v) is 3.24. The van der Waals surface area contributed by atoms with E-state index in [-0.39, 0.29) is 50.0 Å². The van der Waals surface area contributed by atoms with Crippen molar-refractivity contribution in [3.8, 4) is 0 Å². The Kier molecular flexibility index (Phi) is 12.4. The Morgan fingerprint density at radius 2 is 2.22 bits per heavy atom. The normalized spacial score (nSPS) is 19.4. The Bertz CT molecular complexity index is 578. The zero-order valence-electron chi connectivity index (χ0n) is 15.3. The standard InChI is InChI=1S/C17H25ClFN3O3.2ClH/c1-11-9-22(6-7-25-11)15(8-21-17(23)14(20)10-24-2)16-12(18)4-3-5-13(16)19;;/h3-5,11,14-15H,6-10,20H2,1-2H3,(H,21,23);2*1H. The number of amides is 1. The van der Waals surface area contributed by atoms with E-state index < -0.39 is 17.9 Å². The summed E-state index contributed by atoms with van der Waals surface area (Å²) in [5.41, 5.74) is 6.12. The van der Waals surface area contributed by atoms with E-state index in [1.54, 1.807) is 12.1 Å². The van der Waals surface area contributed by atoms with Gasteiger partial charge >= 0.3 is 0 Å². The molecule has 1 aromatic carbocycles. The maximum atomic E-state index is 14.5. The summed E-state index contributed by atoms with van der Waals surface area (Å²) in [5.74, 6) is -0.743. The molecule has 0 saturated carbocycles. The van der Waals surface area contributed by atoms with Gasteiger partial charge in [0.25, 0.3) is 0 Å². The van der Waals surface area contributed by atoms with Gasteiger partial charge in [-0.25, -0.2) is 4.39 Å². The number of nitrogens with two attached hydrogens (primary N) is 1. The van der Waals surface area contributed by atoms with Crippen LogP contribution in [-0.4, -0.2) is 62.9 Å². The van der Waals surface area contributed by atoms with Crippen LogP contribution in [0.3, 0.4) is 0 Å². The molecule has 6 nitrogen and oxygen atoms in total. The Morgan fingerprint density at radius 3 is 2.81 bits per heavy atom. The van der Waals surface area contributed by atoms with Gasteiger partial charge in [0.05, 0.1) is 25.4 Å². The molecule has 0 aromatic heterocycles. The summed E-state index contributed by atoms with van der Waals surface area (Å²) in [4.78, 5) is 14.2. The Hall–Kier alpha value is -0.670. The van der Waals surface area contributed by atoms with Crippen molar-refractivity contribution in [3.63, 3.8) is 0 Å². The van der Waals surface area contributed by atoms with E-state index >= 15 is 0 Å². The number of rotatable bonds is 7. The molecule has 10 heteroatoms. The van der Waals surface area contributed by atoms with E-state index in [0.717, 1.165) is 0 Å². The Morgan fingerprint density at radius 1 is 1.52 bits per heavy atom. The van der Waals surface area contributed by atoms with Gasteiger partial charge in [-0.3, -0.25) is 9.69 Å². The molecule has 2 rings (SSSR count). The fourth-order valence-electron chi connectivity index (χ4n) is 2.95. The number of benzene rings is 1. The molecule has 1 amide bonds. The van der Waals surface area contributed by atoms with E-state index in [1.165, 1.54) is 13.2 Å². The molecular formula is C17H27Cl3FN3O3. The number of ether oxygens (including phenoxy) is 2. The molecule has 1 aliphatic heterocycles. The molecule has 156 valence electrons. The molecule has 1 aromatic rings. The number of morpholine rings is 1. The summed E-state index contributed by atoms with van der Waals surface area (Å²) < 4.78 is 24.9. The first-order valence-corrected chi connectivity index (χ1v) is 8.63. The minimum atomic E-state index is -0.773. The van der Waals surface area contributed by atoms with Crippen LogP contribution in [0.5, 0.6) is 0 Å². The summed E-state index contributed by atoms with van der Waals surface area (Å²) in [6, 6.07) is 3.41. The average Bonchev–Trinajstić information content (AvgIpc) is 2.57. The fraction of sp³-hybridized carbons (Fsp3) is 0.588. The van der Waals surface area contributed by atoms with Crippen LogP contribution >= 0.6 is 36.4 Å². The highest BCUT2D eigenvalue weighted by Gasteiger charge is 2.30. The summed E-state index contributed by atoms with van der Waals surface area (Å²) in [5, 5.41) is 3.11. The predicted octanol–water partition coefficient (Wildman–Crippen LogP) is 2.17. The second-order valence-electron chi connectivity index (χ2n) is 6.13. The number of hydrogen-bond acceptors (Lipinski definition) is 5. The van der Waals surface area contributed by atoms with Gasteiger partial charge in [-0.1, -0.05) is 17.7 Å². The van der Waals surface area contributed by atoms with Crippen molar-refractivity contribution in [2.24, 2.45) is 5.73 Å². The summed E-state index contributed by atoms with van der Waals surface area (Å²) in [6.45, 7) is 4.06. The number of halogens is 4. The van der Waals surface area contributed by atoms with Crippen LogP contribution in [-0.2, 0) is 14.3 Å². The van der Waals surface area contributed by atoms with E-state index in [1.807, 2.05) is 6.92 Å². The smallest absolute Gasteiger partial charge is 0.239 e. The lowest BCUT2D eigenvalue weighted by molar-refractivity contribution is -0.123. The van der Waals surface area contributed by atoms with Gasteiger partial charge in [0, 0.05) is 37.3 Å². The first kappa shape index (κ1) is 26.3. The molecule has 3 N–H and O–H groups in total. The minimum Gasteiger partial charge on any atom is -0.383 e. The summed E-state index contributed by atoms with van der Waals surface area (Å²) in [7, 11) is 1.48. The van der Waals surface area contributed by atoms with Crippen LogP contribution in [0.15, 0.2) is 18.2 Å². The third-order valence-electron chi connectivity index (χ3n) is 4.20. The SMILES string of the molecule is COCC(N)C(=O)NCC(c1c(F)cccc1Cl)N1CCOC(C)C1.Cl.Cl. The van der Waals surface area contributed by atoms with E-state index in [9.17, 15) is 9.18 Å². The van der Waals surface area contributed by atoms with Gasteiger partial charge in [-0.2, -0.15) is 0 Å². The third kappa shape index (κ3) is 7.34. The molecule has 27 heavy (non-hydrogen) atoms. The lowest BCUT2D eigenvalue weighted by Gasteiger charge is -2.38. The first-order valence-electron chi connectivity index (χ1n) is 8.25. The highest BCUT2D eigenvalue weighted by atomic mass is 35.5. The predicted molar refractivity (Wildman–Crippen MR) is 108 cm³/mol. The van der Waals surface area contributed by atoms with Crippen molar-refractivity contribution in [2.75, 3.05) is 40.0 Å². The largest absolute Gasteiger partial charge is 0.383 e. The van der Waals surface area contributed by atoms with Crippen molar-refractivity contribution < 1.29 is 18.7 Å². The summed E-state index contributed by atoms with van der Waals surface area (Å²) in [6.07, 6.45) is 0.0215. The molecule has 0 aliphatic carbocycles. The van der Waals surface area contributed by atoms with Gasteiger partial charge in [0.1, 0.15) is 11.9 Å². The van der Waals surface area contributed by atoms with Crippen molar-refractivity contribution in [1.82, 2.24) is 10.2 Å². The maximum Gasteiger partial charge on any atom is 0.239 e. The number of hydrogen-bond donors (Lipinski definition) is 2. The lowest BCUT2D eigenvalue weighted by atomic mass is 10.0. The van der Waals surface area contributed by atoms with Crippen LogP contribution in [0.25, 0.3) is 0 Å². The van der Waals surface area contributed by atoms with Crippen LogP contribution in [0.1, 0.15) is 18.5 Å². The molecule has 1 saturated heterocycles. The molecule has 3 atom stereocenters. The molecule has 0 spiro atoms. The van der Waals surface area contributed by atoms with Gasteiger partial charge < -0.3 is 20.5 Å². The number of methoxy groups -OCH3 is 1. The zero-order valence-corrected chi connectivity index (χ0v) is 17.7. The molecule has 3 unspecified atom stereocenters. The highest BCUT2D eigenvalue weighted by Crippen LogP contribution is 2.31. The van der Waals surface area contributed by atoms with Gasteiger partial charge in [-0.05, 0) is 19.1 Å². The van der Waals surface area contributed by atoms with Gasteiger partial charge in [-0.15, -0.1) is 24.8 Å². The van der Waals surface area contributed by atoms with Crippen molar-refractivity contribution in [2.45, 2.75) is 25.1 Å². The molecule has 1 aliphatic rings. The molecule has 1 heterocycles. The summed E-state index contributed by atoms with van der Waals surface area (Å²) >= 11 is 6.25. The van der Waals surface area contributed by atoms with Crippen LogP contribution in [0.4, 0.5) is 4.39 Å². The van der Waals surface area contributed by atoms with E-state index in [2.05, 4.69) is 10.2 Å². The van der Waals surface area contributed by atoms with E-state index in [0.29, 0.717) is 30.3 Å². The lowest BCUT2D eigenvalue weighted by Crippen LogP contribution is -2.49. The average molecular weight is 447 g/mol. The highest BCUT2D eigenvalue weighted by molar-refractivity contribution is 6.31. The second kappa shape index (κ2) is 12.7. The number of carbonyl (C=O) groups is 1. The van der Waals surface area contributed by atoms with E-state index in [4.69, 9.17) is 26.8 Å². The van der Waals surface area contributed by atoms with Crippen LogP contribution in [0, 0.1) is 5.82 Å². The first-order chi connectivity index (χ1) is 11.9. The minimum absolute atomic E-state index is 0. The van der Waals surface area contributed by atoms with Crippen molar-refractivity contribution in [1.29, 1.82) is 0 Å². The topological polar surface area (TPSA) is 76.8 Å². The molecule has 1 fully saturated rings. The number of carbonyl (C=O) groups excluding carboxylic acids is 1. The zero-order chi connectivity index (χ0) is 18.4. The number of nitrogens with one attached hydrogen (secondary N) is 1. The monoisotopic (exact) mass is 445 g/mol. The van der Waals surface area contributed by atoms with Crippen LogP contribution < -0.4 is 11.1 Å². The third-order valence-corrected chi connectivity index (χ3v) is 4.53. The van der Waals surface area contributed by atoms with Gasteiger partial charge in [0.15, 0.2) is 0 Å². The second-order valence-corrected chi connectivity index (χ2v) is 6.54. The van der Waals surface area contributed by atoms with Crippen molar-refractivity contribution >= 4 is 42.3 Å². The van der Waals surface area contributed by atoms with Crippen LogP contribution in [0.2, 0.25) is 5.02 Å². The van der Waals surface area contributed by atoms with Crippen molar-refractivity contribution in [3.05, 3.63) is 34.6 Å². The Labute approximate surface area is 176 Å². The number of nitrogens with zero attached hydrogens (tertiary/aromatic N) is 1. The Balaban J connectivity index is 0.00000338. The van der Waals surface area contributed by atoms with Gasteiger partial charge in [0.2, 0.25) is 5.91 Å².